The van der Waals surface area contributed by atoms with Crippen LogP contribution in [-0.2, 0) is 18.8 Å². The Balaban J connectivity index is 3.10. The number of azide groups is 1. The van der Waals surface area contributed by atoms with Gasteiger partial charge in [-0.2, -0.15) is 0 Å². The standard InChI is InChI=1S/C12H19BFN3O4/c1-6-19-10(18)8(7-16-17-15)9(14)13-20-11(2,3)12(4,5)21-13/h6-7H2,1-5H3. The minimum atomic E-state index is -1.33. The Morgan fingerprint density at radius 2 is 1.86 bits per heavy atom. The van der Waals surface area contributed by atoms with E-state index in [1.54, 1.807) is 34.6 Å². The van der Waals surface area contributed by atoms with Crippen LogP contribution in [0.4, 0.5) is 4.39 Å². The van der Waals surface area contributed by atoms with Gasteiger partial charge in [0.25, 0.3) is 0 Å². The molecule has 0 aliphatic carbocycles. The van der Waals surface area contributed by atoms with Gasteiger partial charge in [-0.3, -0.25) is 0 Å². The summed E-state index contributed by atoms with van der Waals surface area (Å²) in [5.74, 6) is -0.892. The summed E-state index contributed by atoms with van der Waals surface area (Å²) in [5, 5.41) is 3.21. The Labute approximate surface area is 123 Å². The van der Waals surface area contributed by atoms with E-state index in [9.17, 15) is 9.18 Å². The minimum Gasteiger partial charge on any atom is -0.463 e. The van der Waals surface area contributed by atoms with E-state index in [0.717, 1.165) is 0 Å². The van der Waals surface area contributed by atoms with Crippen LogP contribution in [0.5, 0.6) is 0 Å². The van der Waals surface area contributed by atoms with Crippen molar-refractivity contribution < 1.29 is 23.2 Å². The fourth-order valence-corrected chi connectivity index (χ4v) is 1.65. The first-order valence-corrected chi connectivity index (χ1v) is 6.58. The van der Waals surface area contributed by atoms with Crippen LogP contribution in [0.2, 0.25) is 0 Å². The summed E-state index contributed by atoms with van der Waals surface area (Å²) >= 11 is 0. The van der Waals surface area contributed by atoms with Crippen LogP contribution in [0, 0.1) is 0 Å². The van der Waals surface area contributed by atoms with Crippen LogP contribution in [-0.4, -0.2) is 37.4 Å². The van der Waals surface area contributed by atoms with Gasteiger partial charge in [-0.05, 0) is 40.1 Å². The predicted octanol–water partition coefficient (Wildman–Crippen LogP) is 2.71. The van der Waals surface area contributed by atoms with Gasteiger partial charge in [0.1, 0.15) is 5.73 Å². The maximum atomic E-state index is 14.5. The lowest BCUT2D eigenvalue weighted by Crippen LogP contribution is -2.41. The van der Waals surface area contributed by atoms with Crippen molar-refractivity contribution in [3.05, 3.63) is 21.7 Å². The van der Waals surface area contributed by atoms with Gasteiger partial charge in [0.05, 0.1) is 29.9 Å². The Morgan fingerprint density at radius 3 is 2.29 bits per heavy atom. The van der Waals surface area contributed by atoms with E-state index in [-0.39, 0.29) is 6.61 Å². The van der Waals surface area contributed by atoms with Crippen molar-refractivity contribution in [3.63, 3.8) is 0 Å². The molecule has 0 saturated carbocycles. The van der Waals surface area contributed by atoms with Gasteiger partial charge < -0.3 is 14.0 Å². The minimum absolute atomic E-state index is 0.0786. The maximum absolute atomic E-state index is 14.5. The SMILES string of the molecule is CCOC(=O)C(CN=[N+]=[N-])=C(F)B1OC(C)(C)C(C)(C)O1. The van der Waals surface area contributed by atoms with Gasteiger partial charge in [-0.1, -0.05) is 5.11 Å². The van der Waals surface area contributed by atoms with Gasteiger partial charge in [-0.25, -0.2) is 9.18 Å². The lowest BCUT2D eigenvalue weighted by atomic mass is 9.84. The predicted molar refractivity (Wildman–Crippen MR) is 74.9 cm³/mol. The first kappa shape index (κ1) is 17.5. The van der Waals surface area contributed by atoms with Gasteiger partial charge in [-0.15, -0.1) is 0 Å². The van der Waals surface area contributed by atoms with Crippen LogP contribution in [0.3, 0.4) is 0 Å². The zero-order valence-electron chi connectivity index (χ0n) is 12.8. The van der Waals surface area contributed by atoms with Crippen LogP contribution in [0.15, 0.2) is 16.4 Å². The van der Waals surface area contributed by atoms with Crippen molar-refractivity contribution in [3.8, 4) is 0 Å². The fourth-order valence-electron chi connectivity index (χ4n) is 1.65. The van der Waals surface area contributed by atoms with Crippen LogP contribution >= 0.6 is 0 Å². The molecule has 0 aromatic heterocycles. The van der Waals surface area contributed by atoms with Crippen molar-refractivity contribution in [2.45, 2.75) is 45.8 Å². The third-order valence-corrected chi connectivity index (χ3v) is 3.56. The highest BCUT2D eigenvalue weighted by atomic mass is 19.1. The molecule has 116 valence electrons. The van der Waals surface area contributed by atoms with Gasteiger partial charge in [0, 0.05) is 4.91 Å². The van der Waals surface area contributed by atoms with E-state index in [1.165, 1.54) is 0 Å². The van der Waals surface area contributed by atoms with Crippen molar-refractivity contribution in [1.82, 2.24) is 0 Å². The van der Waals surface area contributed by atoms with Crippen LogP contribution in [0.25, 0.3) is 10.4 Å². The Kier molecular flexibility index (Phi) is 5.39. The van der Waals surface area contributed by atoms with Crippen molar-refractivity contribution in [2.75, 3.05) is 13.2 Å². The number of halogens is 1. The number of hydrogen-bond acceptors (Lipinski definition) is 5. The zero-order chi connectivity index (χ0) is 16.3. The first-order valence-electron chi connectivity index (χ1n) is 6.58. The summed E-state index contributed by atoms with van der Waals surface area (Å²) in [4.78, 5) is 14.3. The van der Waals surface area contributed by atoms with E-state index in [4.69, 9.17) is 19.6 Å². The average molecular weight is 299 g/mol. The summed E-state index contributed by atoms with van der Waals surface area (Å²) in [6, 6.07) is 0. The monoisotopic (exact) mass is 299 g/mol. The zero-order valence-corrected chi connectivity index (χ0v) is 12.8. The topological polar surface area (TPSA) is 93.5 Å². The molecule has 0 N–H and O–H groups in total. The highest BCUT2D eigenvalue weighted by molar-refractivity contribution is 6.54. The Hall–Kier alpha value is -1.57. The molecule has 7 nitrogen and oxygen atoms in total. The lowest BCUT2D eigenvalue weighted by molar-refractivity contribution is -0.138. The summed E-state index contributed by atoms with van der Waals surface area (Å²) in [6.45, 7) is 8.25. The molecular formula is C12H19BFN3O4. The van der Waals surface area contributed by atoms with Gasteiger partial charge in [0.2, 0.25) is 0 Å². The van der Waals surface area contributed by atoms with Gasteiger partial charge >= 0.3 is 13.1 Å². The smallest absolute Gasteiger partial charge is 0.463 e. The molecule has 0 aromatic rings. The molecule has 9 heteroatoms. The second-order valence-electron chi connectivity index (χ2n) is 5.52. The molecule has 0 spiro atoms. The van der Waals surface area contributed by atoms with Crippen molar-refractivity contribution in [2.24, 2.45) is 5.11 Å². The molecule has 0 atom stereocenters. The molecule has 0 bridgehead atoms. The molecule has 0 aromatic carbocycles. The van der Waals surface area contributed by atoms with E-state index in [2.05, 4.69) is 10.0 Å². The Bertz CT molecular complexity index is 485. The van der Waals surface area contributed by atoms with Gasteiger partial charge in [0.15, 0.2) is 0 Å². The fraction of sp³-hybridized carbons (Fsp3) is 0.750. The van der Waals surface area contributed by atoms with E-state index in [0.29, 0.717) is 0 Å². The molecule has 1 aliphatic rings. The second-order valence-corrected chi connectivity index (χ2v) is 5.52. The maximum Gasteiger partial charge on any atom is 0.525 e. The highest BCUT2D eigenvalue weighted by Gasteiger charge is 2.53. The molecule has 21 heavy (non-hydrogen) atoms. The summed E-state index contributed by atoms with van der Waals surface area (Å²) < 4.78 is 30.3. The van der Waals surface area contributed by atoms with Crippen LogP contribution < -0.4 is 0 Å². The number of hydrogen-bond donors (Lipinski definition) is 0. The third-order valence-electron chi connectivity index (χ3n) is 3.56. The number of nitrogens with zero attached hydrogens (tertiary/aromatic N) is 3. The van der Waals surface area contributed by atoms with E-state index < -0.39 is 42.1 Å². The molecule has 0 amide bonds. The van der Waals surface area contributed by atoms with Crippen molar-refractivity contribution >= 4 is 13.1 Å². The van der Waals surface area contributed by atoms with Crippen LogP contribution in [0.1, 0.15) is 34.6 Å². The lowest BCUT2D eigenvalue weighted by Gasteiger charge is -2.32. The summed E-state index contributed by atoms with van der Waals surface area (Å²) in [5.41, 5.74) is 5.53. The normalized spacial score (nSPS) is 20.6. The average Bonchev–Trinajstić information content (AvgIpc) is 2.59. The van der Waals surface area contributed by atoms with Crippen molar-refractivity contribution in [1.29, 1.82) is 0 Å². The Morgan fingerprint density at radius 1 is 1.33 bits per heavy atom. The number of carbonyl (C=O) groups excluding carboxylic acids is 1. The molecule has 1 saturated heterocycles. The first-order chi connectivity index (χ1) is 9.66. The molecule has 1 aliphatic heterocycles. The molecule has 1 heterocycles. The number of carbonyl (C=O) groups is 1. The third kappa shape index (κ3) is 3.75. The highest BCUT2D eigenvalue weighted by Crippen LogP contribution is 2.39. The van der Waals surface area contributed by atoms with E-state index >= 15 is 0 Å². The largest absolute Gasteiger partial charge is 0.525 e. The second kappa shape index (κ2) is 6.47. The molecular weight excluding hydrogens is 280 g/mol. The number of rotatable bonds is 5. The molecule has 1 rings (SSSR count). The molecule has 0 radical (unpaired) electrons. The quantitative estimate of drug-likeness (QED) is 0.195. The number of ether oxygens (including phenoxy) is 1. The van der Waals surface area contributed by atoms with E-state index in [1.807, 2.05) is 0 Å². The summed E-state index contributed by atoms with van der Waals surface area (Å²) in [7, 11) is -1.33. The summed E-state index contributed by atoms with van der Waals surface area (Å²) in [6.07, 6.45) is 0. The number of esters is 1. The molecule has 0 unspecified atom stereocenters. The molecule has 1 fully saturated rings.